The third-order valence-electron chi connectivity index (χ3n) is 2.77. The highest BCUT2D eigenvalue weighted by molar-refractivity contribution is 7.93. The van der Waals surface area contributed by atoms with Crippen LogP contribution in [0.2, 0.25) is 0 Å². The number of likely N-dealkylation sites (N-methyl/N-ethyl adjacent to an activating group) is 1. The third kappa shape index (κ3) is 4.18. The van der Waals surface area contributed by atoms with Gasteiger partial charge in [-0.05, 0) is 0 Å². The second-order valence-corrected chi connectivity index (χ2v) is 8.66. The van der Waals surface area contributed by atoms with E-state index in [4.69, 9.17) is 0 Å². The SMILES string of the molecule is CN([C@H]1CNC[C@@H]1O)S(=O)(=O)CCS(C)(=O)=O. The molecular formula is C8H18N2O5S2. The van der Waals surface area contributed by atoms with Gasteiger partial charge in [-0.15, -0.1) is 0 Å². The van der Waals surface area contributed by atoms with Gasteiger partial charge in [0.25, 0.3) is 0 Å². The van der Waals surface area contributed by atoms with Gasteiger partial charge in [-0.25, -0.2) is 16.8 Å². The molecule has 7 nitrogen and oxygen atoms in total. The lowest BCUT2D eigenvalue weighted by Gasteiger charge is -2.25. The average Bonchev–Trinajstić information content (AvgIpc) is 2.59. The van der Waals surface area contributed by atoms with Crippen LogP contribution in [0, 0.1) is 0 Å². The molecule has 1 aliphatic rings. The molecule has 9 heteroatoms. The number of nitrogens with zero attached hydrogens (tertiary/aromatic N) is 1. The molecule has 2 N–H and O–H groups in total. The third-order valence-corrected chi connectivity index (χ3v) is 5.84. The Bertz CT molecular complexity index is 458. The number of aliphatic hydroxyl groups excluding tert-OH is 1. The van der Waals surface area contributed by atoms with Crippen LogP contribution in [-0.4, -0.2) is 76.3 Å². The molecule has 0 unspecified atom stereocenters. The molecule has 0 spiro atoms. The van der Waals surface area contributed by atoms with Gasteiger partial charge in [0, 0.05) is 26.4 Å². The molecular weight excluding hydrogens is 268 g/mol. The molecule has 0 aromatic rings. The van der Waals surface area contributed by atoms with Crippen LogP contribution in [0.15, 0.2) is 0 Å². The van der Waals surface area contributed by atoms with Gasteiger partial charge in [0.15, 0.2) is 0 Å². The molecule has 0 aliphatic carbocycles. The van der Waals surface area contributed by atoms with Crippen molar-refractivity contribution in [1.82, 2.24) is 9.62 Å². The Morgan fingerprint density at radius 2 is 1.82 bits per heavy atom. The zero-order chi connectivity index (χ0) is 13.3. The fourth-order valence-corrected chi connectivity index (χ4v) is 4.60. The second kappa shape index (κ2) is 5.19. The number of hydrogen-bond acceptors (Lipinski definition) is 6. The van der Waals surface area contributed by atoms with Crippen LogP contribution < -0.4 is 5.32 Å². The molecule has 1 saturated heterocycles. The van der Waals surface area contributed by atoms with Crippen LogP contribution in [0.1, 0.15) is 0 Å². The fraction of sp³-hybridized carbons (Fsp3) is 1.00. The summed E-state index contributed by atoms with van der Waals surface area (Å²) in [5, 5.41) is 12.4. The number of aliphatic hydroxyl groups is 1. The highest BCUT2D eigenvalue weighted by atomic mass is 32.2. The molecule has 1 heterocycles. The summed E-state index contributed by atoms with van der Waals surface area (Å²) < 4.78 is 46.6. The first-order chi connectivity index (χ1) is 7.63. The lowest BCUT2D eigenvalue weighted by Crippen LogP contribution is -2.45. The van der Waals surface area contributed by atoms with Crippen molar-refractivity contribution in [2.24, 2.45) is 0 Å². The Hall–Kier alpha value is -0.220. The van der Waals surface area contributed by atoms with Crippen LogP contribution >= 0.6 is 0 Å². The zero-order valence-corrected chi connectivity index (χ0v) is 11.5. The van der Waals surface area contributed by atoms with Crippen LogP contribution in [0.4, 0.5) is 0 Å². The summed E-state index contributed by atoms with van der Waals surface area (Å²) in [6.45, 7) is 0.715. The summed E-state index contributed by atoms with van der Waals surface area (Å²) in [5.74, 6) is -0.860. The van der Waals surface area contributed by atoms with Gasteiger partial charge in [-0.1, -0.05) is 0 Å². The van der Waals surface area contributed by atoms with Gasteiger partial charge in [-0.3, -0.25) is 0 Å². The van der Waals surface area contributed by atoms with Crippen molar-refractivity contribution in [2.75, 3.05) is 37.9 Å². The molecule has 17 heavy (non-hydrogen) atoms. The molecule has 0 aromatic heterocycles. The molecule has 0 saturated carbocycles. The molecule has 1 aliphatic heterocycles. The Balaban J connectivity index is 2.70. The van der Waals surface area contributed by atoms with Crippen molar-refractivity contribution in [2.45, 2.75) is 12.1 Å². The molecule has 0 amide bonds. The molecule has 1 rings (SSSR count). The van der Waals surface area contributed by atoms with Crippen molar-refractivity contribution in [3.05, 3.63) is 0 Å². The second-order valence-electron chi connectivity index (χ2n) is 4.26. The fourth-order valence-electron chi connectivity index (χ4n) is 1.63. The Labute approximate surface area is 102 Å². The summed E-state index contributed by atoms with van der Waals surface area (Å²) in [5.41, 5.74) is 0. The molecule has 2 atom stereocenters. The minimum absolute atomic E-state index is 0.344. The number of nitrogens with one attached hydrogen (secondary N) is 1. The van der Waals surface area contributed by atoms with E-state index in [0.717, 1.165) is 10.6 Å². The largest absolute Gasteiger partial charge is 0.390 e. The smallest absolute Gasteiger partial charge is 0.215 e. The van der Waals surface area contributed by atoms with E-state index in [2.05, 4.69) is 5.32 Å². The summed E-state index contributed by atoms with van der Waals surface area (Å²) in [4.78, 5) is 0. The van der Waals surface area contributed by atoms with Gasteiger partial charge in [0.2, 0.25) is 10.0 Å². The van der Waals surface area contributed by atoms with Gasteiger partial charge >= 0.3 is 0 Å². The lowest BCUT2D eigenvalue weighted by molar-refractivity contribution is 0.136. The van der Waals surface area contributed by atoms with Crippen LogP contribution in [0.25, 0.3) is 0 Å². The Kier molecular flexibility index (Phi) is 4.53. The van der Waals surface area contributed by atoms with Crippen molar-refractivity contribution in [3.63, 3.8) is 0 Å². The zero-order valence-electron chi connectivity index (χ0n) is 9.83. The van der Waals surface area contributed by atoms with E-state index < -0.39 is 43.5 Å². The van der Waals surface area contributed by atoms with E-state index in [1.165, 1.54) is 7.05 Å². The first-order valence-electron chi connectivity index (χ1n) is 5.16. The van der Waals surface area contributed by atoms with E-state index in [9.17, 15) is 21.9 Å². The minimum atomic E-state index is -3.66. The molecule has 102 valence electrons. The van der Waals surface area contributed by atoms with Crippen LogP contribution in [0.5, 0.6) is 0 Å². The van der Waals surface area contributed by atoms with Crippen molar-refractivity contribution in [1.29, 1.82) is 0 Å². The van der Waals surface area contributed by atoms with Gasteiger partial charge in [0.1, 0.15) is 9.84 Å². The monoisotopic (exact) mass is 286 g/mol. The van der Waals surface area contributed by atoms with E-state index in [0.29, 0.717) is 13.1 Å². The summed E-state index contributed by atoms with van der Waals surface area (Å²) in [7, 11) is -5.61. The predicted molar refractivity (Wildman–Crippen MR) is 63.9 cm³/mol. The van der Waals surface area contributed by atoms with E-state index in [1.54, 1.807) is 0 Å². The standard InChI is InChI=1S/C8H18N2O5S2/c1-10(7-5-9-6-8(7)11)17(14,15)4-3-16(2,12)13/h7-9,11H,3-6H2,1-2H3/t7-,8-/m0/s1. The first kappa shape index (κ1) is 14.8. The van der Waals surface area contributed by atoms with Crippen LogP contribution in [0.3, 0.4) is 0 Å². The normalized spacial score (nSPS) is 26.6. The van der Waals surface area contributed by atoms with Crippen molar-refractivity contribution < 1.29 is 21.9 Å². The quantitative estimate of drug-likeness (QED) is 0.585. The Morgan fingerprint density at radius 3 is 2.24 bits per heavy atom. The topological polar surface area (TPSA) is 104 Å². The van der Waals surface area contributed by atoms with E-state index in [1.807, 2.05) is 0 Å². The highest BCUT2D eigenvalue weighted by Gasteiger charge is 2.34. The molecule has 0 radical (unpaired) electrons. The van der Waals surface area contributed by atoms with Gasteiger partial charge in [-0.2, -0.15) is 4.31 Å². The minimum Gasteiger partial charge on any atom is -0.390 e. The van der Waals surface area contributed by atoms with E-state index in [-0.39, 0.29) is 0 Å². The molecule has 1 fully saturated rings. The summed E-state index contributed by atoms with van der Waals surface area (Å²) >= 11 is 0. The number of rotatable bonds is 5. The lowest BCUT2D eigenvalue weighted by atomic mass is 10.2. The maximum Gasteiger partial charge on any atom is 0.215 e. The van der Waals surface area contributed by atoms with Crippen molar-refractivity contribution >= 4 is 19.9 Å². The predicted octanol–water partition coefficient (Wildman–Crippen LogP) is -2.37. The first-order valence-corrected chi connectivity index (χ1v) is 8.83. The number of sulfonamides is 1. The Morgan fingerprint density at radius 1 is 1.24 bits per heavy atom. The van der Waals surface area contributed by atoms with E-state index >= 15 is 0 Å². The maximum absolute atomic E-state index is 11.8. The van der Waals surface area contributed by atoms with Gasteiger partial charge < -0.3 is 10.4 Å². The maximum atomic E-state index is 11.8. The molecule has 0 bridgehead atoms. The van der Waals surface area contributed by atoms with Crippen LogP contribution in [-0.2, 0) is 19.9 Å². The number of sulfone groups is 1. The summed E-state index contributed by atoms with van der Waals surface area (Å²) in [6, 6.07) is -0.528. The van der Waals surface area contributed by atoms with Crippen molar-refractivity contribution in [3.8, 4) is 0 Å². The van der Waals surface area contributed by atoms with Gasteiger partial charge in [0.05, 0.1) is 23.7 Å². The number of hydrogen-bond donors (Lipinski definition) is 2. The number of β-amino-alcohol motifs (C(OH)–C–C–N with tert-alkyl or cyclic N) is 1. The molecule has 0 aromatic carbocycles. The average molecular weight is 286 g/mol. The highest BCUT2D eigenvalue weighted by Crippen LogP contribution is 2.12. The summed E-state index contributed by atoms with van der Waals surface area (Å²) in [6.07, 6.45) is 0.238.